The van der Waals surface area contributed by atoms with Gasteiger partial charge < -0.3 is 10.6 Å². The SMILES string of the molecule is Cc1cc(C(=O)NC2CCCCC2)nc(NCC(C)C)n1. The van der Waals surface area contributed by atoms with Crippen molar-refractivity contribution in [2.24, 2.45) is 5.92 Å². The summed E-state index contributed by atoms with van der Waals surface area (Å²) < 4.78 is 0. The van der Waals surface area contributed by atoms with Gasteiger partial charge in [0.25, 0.3) is 5.91 Å². The highest BCUT2D eigenvalue weighted by atomic mass is 16.1. The predicted molar refractivity (Wildman–Crippen MR) is 84.4 cm³/mol. The average molecular weight is 290 g/mol. The van der Waals surface area contributed by atoms with Crippen molar-refractivity contribution in [2.45, 2.75) is 58.9 Å². The Hall–Kier alpha value is -1.65. The first-order valence-electron chi connectivity index (χ1n) is 7.95. The fourth-order valence-electron chi connectivity index (χ4n) is 2.57. The normalized spacial score (nSPS) is 16.0. The summed E-state index contributed by atoms with van der Waals surface area (Å²) in [5.41, 5.74) is 1.27. The molecule has 0 radical (unpaired) electrons. The van der Waals surface area contributed by atoms with E-state index in [1.807, 2.05) is 6.92 Å². The van der Waals surface area contributed by atoms with E-state index in [0.29, 0.717) is 23.6 Å². The van der Waals surface area contributed by atoms with E-state index in [-0.39, 0.29) is 5.91 Å². The van der Waals surface area contributed by atoms with Crippen LogP contribution in [0.2, 0.25) is 0 Å². The van der Waals surface area contributed by atoms with E-state index in [1.165, 1.54) is 19.3 Å². The van der Waals surface area contributed by atoms with Gasteiger partial charge >= 0.3 is 0 Å². The Bertz CT molecular complexity index is 481. The molecule has 1 fully saturated rings. The zero-order chi connectivity index (χ0) is 15.2. The van der Waals surface area contributed by atoms with Crippen LogP contribution in [0.3, 0.4) is 0 Å². The number of hydrogen-bond acceptors (Lipinski definition) is 4. The summed E-state index contributed by atoms with van der Waals surface area (Å²) in [5.74, 6) is 0.964. The molecule has 116 valence electrons. The molecule has 1 aliphatic carbocycles. The Balaban J connectivity index is 2.01. The quantitative estimate of drug-likeness (QED) is 0.875. The van der Waals surface area contributed by atoms with Crippen LogP contribution in [-0.4, -0.2) is 28.5 Å². The van der Waals surface area contributed by atoms with Crippen molar-refractivity contribution in [2.75, 3.05) is 11.9 Å². The number of rotatable bonds is 5. The van der Waals surface area contributed by atoms with E-state index in [2.05, 4.69) is 34.4 Å². The minimum absolute atomic E-state index is 0.0833. The highest BCUT2D eigenvalue weighted by Crippen LogP contribution is 2.18. The van der Waals surface area contributed by atoms with Crippen molar-refractivity contribution in [3.8, 4) is 0 Å². The Morgan fingerprint density at radius 3 is 2.67 bits per heavy atom. The summed E-state index contributed by atoms with van der Waals surface area (Å²) in [6.45, 7) is 6.94. The van der Waals surface area contributed by atoms with Crippen molar-refractivity contribution in [1.82, 2.24) is 15.3 Å². The number of hydrogen-bond donors (Lipinski definition) is 2. The van der Waals surface area contributed by atoms with Crippen molar-refractivity contribution in [3.05, 3.63) is 17.5 Å². The van der Waals surface area contributed by atoms with Crippen molar-refractivity contribution >= 4 is 11.9 Å². The van der Waals surface area contributed by atoms with Crippen LogP contribution in [0.25, 0.3) is 0 Å². The van der Waals surface area contributed by atoms with Gasteiger partial charge in [0.1, 0.15) is 5.69 Å². The second kappa shape index (κ2) is 7.38. The summed E-state index contributed by atoms with van der Waals surface area (Å²) in [5, 5.41) is 6.28. The van der Waals surface area contributed by atoms with Gasteiger partial charge in [-0.3, -0.25) is 4.79 Å². The van der Waals surface area contributed by atoms with E-state index in [0.717, 1.165) is 25.1 Å². The third-order valence-electron chi connectivity index (χ3n) is 3.70. The van der Waals surface area contributed by atoms with Gasteiger partial charge in [0.05, 0.1) is 0 Å². The second-order valence-corrected chi connectivity index (χ2v) is 6.30. The van der Waals surface area contributed by atoms with Crippen molar-refractivity contribution in [1.29, 1.82) is 0 Å². The molecule has 5 nitrogen and oxygen atoms in total. The molecular formula is C16H26N4O. The van der Waals surface area contributed by atoms with Crippen molar-refractivity contribution < 1.29 is 4.79 Å². The monoisotopic (exact) mass is 290 g/mol. The second-order valence-electron chi connectivity index (χ2n) is 6.30. The number of carbonyl (C=O) groups excluding carboxylic acids is 1. The third-order valence-corrected chi connectivity index (χ3v) is 3.70. The van der Waals surface area contributed by atoms with E-state index in [1.54, 1.807) is 6.07 Å². The fraction of sp³-hybridized carbons (Fsp3) is 0.688. The summed E-state index contributed by atoms with van der Waals surface area (Å²) in [6.07, 6.45) is 5.84. The lowest BCUT2D eigenvalue weighted by atomic mass is 9.95. The number of carbonyl (C=O) groups is 1. The Kier molecular flexibility index (Phi) is 5.53. The van der Waals surface area contributed by atoms with Gasteiger partial charge in [0, 0.05) is 18.3 Å². The largest absolute Gasteiger partial charge is 0.354 e. The minimum Gasteiger partial charge on any atom is -0.354 e. The number of nitrogens with zero attached hydrogens (tertiary/aromatic N) is 2. The molecule has 0 aliphatic heterocycles. The first kappa shape index (κ1) is 15.7. The molecule has 21 heavy (non-hydrogen) atoms. The first-order valence-corrected chi connectivity index (χ1v) is 7.95. The van der Waals surface area contributed by atoms with Gasteiger partial charge in [-0.1, -0.05) is 33.1 Å². The smallest absolute Gasteiger partial charge is 0.270 e. The maximum absolute atomic E-state index is 12.3. The molecule has 0 spiro atoms. The van der Waals surface area contributed by atoms with Gasteiger partial charge in [0.15, 0.2) is 0 Å². The van der Waals surface area contributed by atoms with Crippen LogP contribution in [0.1, 0.15) is 62.1 Å². The summed E-state index contributed by atoms with van der Waals surface area (Å²) in [4.78, 5) is 21.0. The molecule has 2 N–H and O–H groups in total. The lowest BCUT2D eigenvalue weighted by Crippen LogP contribution is -2.36. The van der Waals surface area contributed by atoms with Crippen LogP contribution >= 0.6 is 0 Å². The van der Waals surface area contributed by atoms with Crippen molar-refractivity contribution in [3.63, 3.8) is 0 Å². The number of nitrogens with one attached hydrogen (secondary N) is 2. The molecule has 1 saturated carbocycles. The number of anilines is 1. The first-order chi connectivity index (χ1) is 10.0. The Labute approximate surface area is 127 Å². The van der Waals surface area contributed by atoms with E-state index in [4.69, 9.17) is 0 Å². The molecule has 0 unspecified atom stereocenters. The Morgan fingerprint density at radius 1 is 1.29 bits per heavy atom. The number of aromatic nitrogens is 2. The number of amides is 1. The molecule has 0 atom stereocenters. The van der Waals surface area contributed by atoms with Crippen LogP contribution in [0.15, 0.2) is 6.07 Å². The zero-order valence-corrected chi connectivity index (χ0v) is 13.3. The molecule has 1 amide bonds. The summed E-state index contributed by atoms with van der Waals surface area (Å²) >= 11 is 0. The van der Waals surface area contributed by atoms with E-state index in [9.17, 15) is 4.79 Å². The lowest BCUT2D eigenvalue weighted by Gasteiger charge is -2.22. The Morgan fingerprint density at radius 2 is 2.00 bits per heavy atom. The fourth-order valence-corrected chi connectivity index (χ4v) is 2.57. The van der Waals surface area contributed by atoms with Crippen LogP contribution in [0, 0.1) is 12.8 Å². The van der Waals surface area contributed by atoms with Crippen LogP contribution < -0.4 is 10.6 Å². The molecule has 1 aromatic rings. The number of aryl methyl sites for hydroxylation is 1. The lowest BCUT2D eigenvalue weighted by molar-refractivity contribution is 0.0922. The standard InChI is InChI=1S/C16H26N4O/c1-11(2)10-17-16-18-12(3)9-14(20-16)15(21)19-13-7-5-4-6-8-13/h9,11,13H,4-8,10H2,1-3H3,(H,19,21)(H,17,18,20). The topological polar surface area (TPSA) is 66.9 Å². The molecule has 0 saturated heterocycles. The summed E-state index contributed by atoms with van der Waals surface area (Å²) in [6, 6.07) is 2.05. The van der Waals surface area contributed by atoms with Gasteiger partial charge in [-0.15, -0.1) is 0 Å². The summed E-state index contributed by atoms with van der Waals surface area (Å²) in [7, 11) is 0. The van der Waals surface area contributed by atoms with Crippen LogP contribution in [0.5, 0.6) is 0 Å². The molecular weight excluding hydrogens is 264 g/mol. The van der Waals surface area contributed by atoms with Gasteiger partial charge in [0.2, 0.25) is 5.95 Å². The molecule has 1 aromatic heterocycles. The van der Waals surface area contributed by atoms with Crippen LogP contribution in [-0.2, 0) is 0 Å². The zero-order valence-electron chi connectivity index (χ0n) is 13.3. The molecule has 1 heterocycles. The highest BCUT2D eigenvalue weighted by molar-refractivity contribution is 5.92. The molecule has 0 bridgehead atoms. The predicted octanol–water partition coefficient (Wildman–Crippen LogP) is 2.92. The highest BCUT2D eigenvalue weighted by Gasteiger charge is 2.18. The molecule has 2 rings (SSSR count). The van der Waals surface area contributed by atoms with Gasteiger partial charge in [-0.25, -0.2) is 9.97 Å². The molecule has 0 aromatic carbocycles. The van der Waals surface area contributed by atoms with Gasteiger partial charge in [-0.2, -0.15) is 0 Å². The van der Waals surface area contributed by atoms with Gasteiger partial charge in [-0.05, 0) is 31.7 Å². The maximum Gasteiger partial charge on any atom is 0.270 e. The minimum atomic E-state index is -0.0833. The molecule has 1 aliphatic rings. The molecule has 5 heteroatoms. The maximum atomic E-state index is 12.3. The van der Waals surface area contributed by atoms with Crippen LogP contribution in [0.4, 0.5) is 5.95 Å². The third kappa shape index (κ3) is 4.99. The van der Waals surface area contributed by atoms with E-state index < -0.39 is 0 Å². The average Bonchev–Trinajstić information content (AvgIpc) is 2.45. The van der Waals surface area contributed by atoms with E-state index >= 15 is 0 Å².